The quantitative estimate of drug-likeness (QED) is 0.741. The van der Waals surface area contributed by atoms with Gasteiger partial charge in [0.1, 0.15) is 0 Å². The van der Waals surface area contributed by atoms with Gasteiger partial charge in [0.25, 0.3) is 0 Å². The van der Waals surface area contributed by atoms with Crippen molar-refractivity contribution in [3.05, 3.63) is 0 Å². The van der Waals surface area contributed by atoms with Gasteiger partial charge in [-0.3, -0.25) is 4.90 Å². The summed E-state index contributed by atoms with van der Waals surface area (Å²) in [6, 6.07) is 1.84. The smallest absolute Gasteiger partial charge is 0.0624 e. The number of nitrogens with one attached hydrogen (secondary N) is 1. The van der Waals surface area contributed by atoms with Crippen molar-refractivity contribution in [2.24, 2.45) is 11.8 Å². The first-order valence-electron chi connectivity index (χ1n) is 8.61. The summed E-state index contributed by atoms with van der Waals surface area (Å²) in [5.41, 5.74) is 0. The van der Waals surface area contributed by atoms with E-state index in [1.54, 1.807) is 0 Å². The lowest BCUT2D eigenvalue weighted by molar-refractivity contribution is -0.00587. The third kappa shape index (κ3) is 4.71. The van der Waals surface area contributed by atoms with E-state index < -0.39 is 0 Å². The minimum atomic E-state index is 0.550. The molecule has 4 atom stereocenters. The zero-order valence-corrected chi connectivity index (χ0v) is 14.5. The molecule has 1 heterocycles. The number of hydrogen-bond donors (Lipinski definition) is 1. The average Bonchev–Trinajstić information content (AvgIpc) is 2.46. The number of rotatable bonds is 8. The molecule has 0 aromatic rings. The fourth-order valence-electron chi connectivity index (χ4n) is 3.21. The fourth-order valence-corrected chi connectivity index (χ4v) is 3.21. The molecule has 0 aromatic heterocycles. The van der Waals surface area contributed by atoms with E-state index in [4.69, 9.17) is 4.74 Å². The Labute approximate surface area is 126 Å². The van der Waals surface area contributed by atoms with Gasteiger partial charge in [0.2, 0.25) is 0 Å². The Morgan fingerprint density at radius 2 is 1.90 bits per heavy atom. The molecule has 0 aromatic carbocycles. The molecular formula is C17H36N2O. The predicted molar refractivity (Wildman–Crippen MR) is 87.1 cm³/mol. The lowest BCUT2D eigenvalue weighted by atomic mass is 9.91. The summed E-state index contributed by atoms with van der Waals surface area (Å²) in [7, 11) is 0. The molecule has 1 aliphatic rings. The van der Waals surface area contributed by atoms with Crippen LogP contribution in [-0.2, 0) is 4.74 Å². The van der Waals surface area contributed by atoms with Crippen LogP contribution in [0.15, 0.2) is 0 Å². The lowest BCUT2D eigenvalue weighted by Crippen LogP contribution is -2.62. The second kappa shape index (κ2) is 9.01. The zero-order chi connectivity index (χ0) is 15.1. The minimum Gasteiger partial charge on any atom is -0.380 e. The maximum atomic E-state index is 5.76. The molecule has 0 amide bonds. The molecule has 0 bridgehead atoms. The van der Waals surface area contributed by atoms with Crippen molar-refractivity contribution in [3.63, 3.8) is 0 Å². The van der Waals surface area contributed by atoms with Crippen molar-refractivity contribution in [1.29, 1.82) is 0 Å². The first-order valence-corrected chi connectivity index (χ1v) is 8.61. The largest absolute Gasteiger partial charge is 0.380 e. The zero-order valence-electron chi connectivity index (χ0n) is 14.5. The molecule has 1 N–H and O–H groups in total. The van der Waals surface area contributed by atoms with Crippen LogP contribution in [0, 0.1) is 11.8 Å². The van der Waals surface area contributed by atoms with E-state index in [9.17, 15) is 0 Å². The number of nitrogens with zero attached hydrogens (tertiary/aromatic N) is 1. The van der Waals surface area contributed by atoms with Crippen LogP contribution in [-0.4, -0.2) is 49.3 Å². The van der Waals surface area contributed by atoms with E-state index in [2.05, 4.69) is 51.8 Å². The normalized spacial score (nSPS) is 27.8. The van der Waals surface area contributed by atoms with Gasteiger partial charge < -0.3 is 10.1 Å². The van der Waals surface area contributed by atoms with Crippen LogP contribution >= 0.6 is 0 Å². The predicted octanol–water partition coefficient (Wildman–Crippen LogP) is 3.15. The molecule has 4 unspecified atom stereocenters. The van der Waals surface area contributed by atoms with Gasteiger partial charge in [-0.15, -0.1) is 0 Å². The van der Waals surface area contributed by atoms with Gasteiger partial charge in [0.15, 0.2) is 0 Å². The van der Waals surface area contributed by atoms with Crippen molar-refractivity contribution in [2.75, 3.05) is 26.3 Å². The fraction of sp³-hybridized carbons (Fsp3) is 1.00. The van der Waals surface area contributed by atoms with Gasteiger partial charge >= 0.3 is 0 Å². The molecular weight excluding hydrogens is 248 g/mol. The maximum Gasteiger partial charge on any atom is 0.0624 e. The van der Waals surface area contributed by atoms with Crippen molar-refractivity contribution in [2.45, 2.75) is 72.5 Å². The third-order valence-corrected chi connectivity index (χ3v) is 4.98. The molecule has 0 radical (unpaired) electrons. The second-order valence-electron chi connectivity index (χ2n) is 6.63. The Morgan fingerprint density at radius 3 is 2.40 bits per heavy atom. The Kier molecular flexibility index (Phi) is 8.08. The number of ether oxygens (including phenoxy) is 1. The highest BCUT2D eigenvalue weighted by molar-refractivity contribution is 4.92. The molecule has 1 aliphatic heterocycles. The highest BCUT2D eigenvalue weighted by Crippen LogP contribution is 2.23. The van der Waals surface area contributed by atoms with E-state index in [1.165, 1.54) is 19.4 Å². The van der Waals surface area contributed by atoms with Gasteiger partial charge in [0, 0.05) is 37.8 Å². The summed E-state index contributed by atoms with van der Waals surface area (Å²) in [6.45, 7) is 17.7. The lowest BCUT2D eigenvalue weighted by Gasteiger charge is -2.47. The molecule has 20 heavy (non-hydrogen) atoms. The van der Waals surface area contributed by atoms with Crippen LogP contribution in [0.25, 0.3) is 0 Å². The van der Waals surface area contributed by atoms with Crippen molar-refractivity contribution in [3.8, 4) is 0 Å². The van der Waals surface area contributed by atoms with Gasteiger partial charge in [-0.05, 0) is 25.2 Å². The van der Waals surface area contributed by atoms with E-state index in [0.29, 0.717) is 24.0 Å². The molecule has 120 valence electrons. The second-order valence-corrected chi connectivity index (χ2v) is 6.63. The Bertz CT molecular complexity index is 257. The molecule has 3 heteroatoms. The summed E-state index contributed by atoms with van der Waals surface area (Å²) < 4.78 is 5.76. The maximum absolute atomic E-state index is 5.76. The van der Waals surface area contributed by atoms with Crippen molar-refractivity contribution in [1.82, 2.24) is 10.2 Å². The molecule has 3 nitrogen and oxygen atoms in total. The minimum absolute atomic E-state index is 0.550. The molecule has 1 fully saturated rings. The molecule has 0 saturated carbocycles. The third-order valence-electron chi connectivity index (χ3n) is 4.98. The van der Waals surface area contributed by atoms with Gasteiger partial charge in [-0.1, -0.05) is 41.0 Å². The van der Waals surface area contributed by atoms with Crippen LogP contribution < -0.4 is 5.32 Å². The van der Waals surface area contributed by atoms with Crippen LogP contribution in [0.4, 0.5) is 0 Å². The topological polar surface area (TPSA) is 24.5 Å². The van der Waals surface area contributed by atoms with Crippen molar-refractivity contribution >= 4 is 0 Å². The van der Waals surface area contributed by atoms with E-state index in [0.717, 1.165) is 25.7 Å². The van der Waals surface area contributed by atoms with Gasteiger partial charge in [-0.2, -0.15) is 0 Å². The van der Waals surface area contributed by atoms with Crippen molar-refractivity contribution < 1.29 is 4.74 Å². The summed E-state index contributed by atoms with van der Waals surface area (Å²) in [4.78, 5) is 2.73. The van der Waals surface area contributed by atoms with E-state index >= 15 is 0 Å². The summed E-state index contributed by atoms with van der Waals surface area (Å²) in [5.74, 6) is 1.39. The average molecular weight is 284 g/mol. The van der Waals surface area contributed by atoms with Crippen LogP contribution in [0.3, 0.4) is 0 Å². The SMILES string of the molecule is CCOCC(C(C)C)N1CC(C(C)CC)NCC1CC. The highest BCUT2D eigenvalue weighted by Gasteiger charge is 2.34. The molecule has 0 spiro atoms. The Hall–Kier alpha value is -0.120. The van der Waals surface area contributed by atoms with Crippen LogP contribution in [0.5, 0.6) is 0 Å². The summed E-state index contributed by atoms with van der Waals surface area (Å²) in [6.07, 6.45) is 2.47. The van der Waals surface area contributed by atoms with Crippen LogP contribution in [0.1, 0.15) is 54.4 Å². The molecule has 1 saturated heterocycles. The van der Waals surface area contributed by atoms with Gasteiger partial charge in [0.05, 0.1) is 6.61 Å². The standard InChI is InChI=1S/C17H36N2O/c1-7-14(6)16-11-19(15(8-2)10-18-16)17(13(4)5)12-20-9-3/h13-18H,7-12H2,1-6H3. The summed E-state index contributed by atoms with van der Waals surface area (Å²) >= 11 is 0. The summed E-state index contributed by atoms with van der Waals surface area (Å²) in [5, 5.41) is 3.77. The monoisotopic (exact) mass is 284 g/mol. The number of hydrogen-bond acceptors (Lipinski definition) is 3. The number of piperazine rings is 1. The van der Waals surface area contributed by atoms with Gasteiger partial charge in [-0.25, -0.2) is 0 Å². The molecule has 1 rings (SSSR count). The van der Waals surface area contributed by atoms with Crippen LogP contribution in [0.2, 0.25) is 0 Å². The Balaban J connectivity index is 2.76. The Morgan fingerprint density at radius 1 is 1.20 bits per heavy atom. The molecule has 0 aliphatic carbocycles. The first kappa shape index (κ1) is 17.9. The highest BCUT2D eigenvalue weighted by atomic mass is 16.5. The van der Waals surface area contributed by atoms with E-state index in [-0.39, 0.29) is 0 Å². The first-order chi connectivity index (χ1) is 9.54. The van der Waals surface area contributed by atoms with E-state index in [1.807, 2.05) is 0 Å².